The average molecular weight is 292 g/mol. The smallest absolute Gasteiger partial charge is 0.294 e. The summed E-state index contributed by atoms with van der Waals surface area (Å²) in [5.74, 6) is 0.507. The molecule has 0 N–H and O–H groups in total. The summed E-state index contributed by atoms with van der Waals surface area (Å²) < 4.78 is 5.08. The van der Waals surface area contributed by atoms with Crippen molar-refractivity contribution >= 4 is 29.0 Å². The second-order valence-corrected chi connectivity index (χ2v) is 5.60. The molecule has 0 aliphatic carbocycles. The van der Waals surface area contributed by atoms with Crippen LogP contribution in [0.2, 0.25) is 0 Å². The number of carbonyl (C=O) groups is 2. The van der Waals surface area contributed by atoms with E-state index in [9.17, 15) is 9.59 Å². The van der Waals surface area contributed by atoms with Crippen molar-refractivity contribution in [2.24, 2.45) is 0 Å². The number of thioether (sulfide) groups is 1. The number of hydrogen-bond acceptors (Lipinski definition) is 5. The van der Waals surface area contributed by atoms with Gasteiger partial charge in [0, 0.05) is 0 Å². The number of amides is 2. The number of imide groups is 1. The van der Waals surface area contributed by atoms with E-state index in [-0.39, 0.29) is 11.1 Å². The van der Waals surface area contributed by atoms with E-state index in [2.05, 4.69) is 0 Å². The Bertz CT molecular complexity index is 552. The Morgan fingerprint density at radius 1 is 1.25 bits per heavy atom. The molecule has 20 heavy (non-hydrogen) atoms. The zero-order valence-electron chi connectivity index (χ0n) is 11.6. The Balaban J connectivity index is 2.18. The summed E-state index contributed by atoms with van der Waals surface area (Å²) in [6.07, 6.45) is 1.72. The van der Waals surface area contributed by atoms with Crippen LogP contribution in [0.3, 0.4) is 0 Å². The van der Waals surface area contributed by atoms with E-state index in [0.29, 0.717) is 11.6 Å². The fourth-order valence-corrected chi connectivity index (χ4v) is 2.59. The number of ether oxygens (including phenoxy) is 1. The molecule has 1 aliphatic rings. The van der Waals surface area contributed by atoms with Crippen molar-refractivity contribution in [3.63, 3.8) is 0 Å². The molecule has 6 heteroatoms. The monoisotopic (exact) mass is 292 g/mol. The summed E-state index contributed by atoms with van der Waals surface area (Å²) in [5, 5.41) is -0.233. The van der Waals surface area contributed by atoms with E-state index in [0.717, 1.165) is 23.1 Å². The van der Waals surface area contributed by atoms with Gasteiger partial charge < -0.3 is 4.74 Å². The van der Waals surface area contributed by atoms with Crippen molar-refractivity contribution in [3.05, 3.63) is 34.7 Å². The first-order chi connectivity index (χ1) is 9.51. The summed E-state index contributed by atoms with van der Waals surface area (Å²) in [7, 11) is 5.23. The zero-order valence-corrected chi connectivity index (χ0v) is 12.4. The molecule has 1 fully saturated rings. The van der Waals surface area contributed by atoms with Crippen LogP contribution in [0.15, 0.2) is 29.2 Å². The molecular formula is C14H16N2O3S. The maximum absolute atomic E-state index is 12.1. The Morgan fingerprint density at radius 3 is 2.45 bits per heavy atom. The van der Waals surface area contributed by atoms with Gasteiger partial charge in [-0.05, 0) is 49.6 Å². The number of methoxy groups -OCH3 is 1. The number of carbonyl (C=O) groups excluding carboxylic acids is 2. The molecule has 0 radical (unpaired) electrons. The largest absolute Gasteiger partial charge is 0.497 e. The van der Waals surface area contributed by atoms with Gasteiger partial charge in [0.25, 0.3) is 11.1 Å². The second-order valence-electron chi connectivity index (χ2n) is 4.60. The Kier molecular flexibility index (Phi) is 4.46. The quantitative estimate of drug-likeness (QED) is 0.797. The summed E-state index contributed by atoms with van der Waals surface area (Å²) in [5.41, 5.74) is 0.862. The minimum absolute atomic E-state index is 0.233. The van der Waals surface area contributed by atoms with Gasteiger partial charge in [-0.2, -0.15) is 0 Å². The van der Waals surface area contributed by atoms with E-state index < -0.39 is 0 Å². The van der Waals surface area contributed by atoms with Crippen molar-refractivity contribution in [3.8, 4) is 5.75 Å². The molecule has 106 valence electrons. The molecule has 1 saturated heterocycles. The predicted molar refractivity (Wildman–Crippen MR) is 79.4 cm³/mol. The summed E-state index contributed by atoms with van der Waals surface area (Å²) >= 11 is 0.969. The predicted octanol–water partition coefficient (Wildman–Crippen LogP) is 2.25. The molecule has 0 saturated carbocycles. The summed E-state index contributed by atoms with van der Waals surface area (Å²) in [6.45, 7) is 0.296. The highest BCUT2D eigenvalue weighted by atomic mass is 32.2. The molecule has 0 bridgehead atoms. The van der Waals surface area contributed by atoms with Crippen LogP contribution in [0, 0.1) is 0 Å². The first-order valence-corrected chi connectivity index (χ1v) is 6.87. The molecule has 2 rings (SSSR count). The lowest BCUT2D eigenvalue weighted by atomic mass is 10.2. The van der Waals surface area contributed by atoms with E-state index in [4.69, 9.17) is 4.74 Å². The number of rotatable bonds is 4. The molecule has 0 atom stereocenters. The van der Waals surface area contributed by atoms with Crippen LogP contribution in [0.5, 0.6) is 5.75 Å². The highest BCUT2D eigenvalue weighted by molar-refractivity contribution is 8.18. The van der Waals surface area contributed by atoms with Gasteiger partial charge >= 0.3 is 0 Å². The fourth-order valence-electron chi connectivity index (χ4n) is 1.76. The van der Waals surface area contributed by atoms with Gasteiger partial charge in [0.15, 0.2) is 0 Å². The van der Waals surface area contributed by atoms with Gasteiger partial charge in [0.1, 0.15) is 5.75 Å². The highest BCUT2D eigenvalue weighted by Crippen LogP contribution is 2.32. The van der Waals surface area contributed by atoms with Crippen molar-refractivity contribution in [2.75, 3.05) is 27.9 Å². The van der Waals surface area contributed by atoms with E-state index in [1.807, 2.05) is 38.4 Å². The first kappa shape index (κ1) is 14.6. The topological polar surface area (TPSA) is 49.9 Å². The molecule has 1 aromatic rings. The van der Waals surface area contributed by atoms with Crippen LogP contribution in [-0.2, 0) is 4.79 Å². The highest BCUT2D eigenvalue weighted by Gasteiger charge is 2.35. The van der Waals surface area contributed by atoms with Gasteiger partial charge in [-0.25, -0.2) is 0 Å². The maximum atomic E-state index is 12.1. The van der Waals surface area contributed by atoms with Crippen molar-refractivity contribution < 1.29 is 14.3 Å². The Labute approximate surface area is 122 Å². The van der Waals surface area contributed by atoms with Crippen LogP contribution in [0.1, 0.15) is 5.56 Å². The second kappa shape index (κ2) is 6.11. The molecule has 1 aliphatic heterocycles. The minimum atomic E-state index is -0.246. The van der Waals surface area contributed by atoms with Crippen LogP contribution in [-0.4, -0.2) is 48.8 Å². The lowest BCUT2D eigenvalue weighted by Gasteiger charge is -2.17. The molecule has 0 unspecified atom stereocenters. The zero-order chi connectivity index (χ0) is 14.7. The van der Waals surface area contributed by atoms with Gasteiger partial charge in [-0.3, -0.25) is 19.4 Å². The van der Waals surface area contributed by atoms with E-state index >= 15 is 0 Å². The van der Waals surface area contributed by atoms with Crippen molar-refractivity contribution in [1.29, 1.82) is 0 Å². The summed E-state index contributed by atoms with van der Waals surface area (Å²) in [4.78, 5) is 27.4. The van der Waals surface area contributed by atoms with Gasteiger partial charge in [-0.15, -0.1) is 0 Å². The maximum Gasteiger partial charge on any atom is 0.294 e. The van der Waals surface area contributed by atoms with Crippen LogP contribution < -0.4 is 4.74 Å². The minimum Gasteiger partial charge on any atom is -0.497 e. The van der Waals surface area contributed by atoms with Crippen molar-refractivity contribution in [1.82, 2.24) is 9.80 Å². The molecule has 2 amide bonds. The van der Waals surface area contributed by atoms with E-state index in [1.165, 1.54) is 4.90 Å². The number of benzene rings is 1. The lowest BCUT2D eigenvalue weighted by molar-refractivity contribution is -0.123. The van der Waals surface area contributed by atoms with Crippen LogP contribution in [0.25, 0.3) is 6.08 Å². The normalized spacial score (nSPS) is 17.4. The van der Waals surface area contributed by atoms with Gasteiger partial charge in [0.2, 0.25) is 0 Å². The number of nitrogens with zero attached hydrogens (tertiary/aromatic N) is 2. The van der Waals surface area contributed by atoms with Crippen LogP contribution in [0.4, 0.5) is 4.79 Å². The molecule has 5 nitrogen and oxygen atoms in total. The Morgan fingerprint density at radius 2 is 1.90 bits per heavy atom. The third kappa shape index (κ3) is 3.20. The first-order valence-electron chi connectivity index (χ1n) is 6.05. The molecular weight excluding hydrogens is 276 g/mol. The standard InChI is InChI=1S/C14H16N2O3S/c1-15(2)9-16-13(17)12(20-14(16)18)8-10-4-6-11(19-3)7-5-10/h4-8H,9H2,1-3H3. The lowest BCUT2D eigenvalue weighted by Crippen LogP contribution is -2.36. The van der Waals surface area contributed by atoms with E-state index in [1.54, 1.807) is 18.1 Å². The number of hydrogen-bond donors (Lipinski definition) is 0. The Hall–Kier alpha value is -1.79. The SMILES string of the molecule is COc1ccc(C=C2SC(=O)N(CN(C)C)C2=O)cc1. The van der Waals surface area contributed by atoms with Gasteiger partial charge in [-0.1, -0.05) is 12.1 Å². The third-order valence-corrected chi connectivity index (χ3v) is 3.62. The fraction of sp³-hybridized carbons (Fsp3) is 0.286. The van der Waals surface area contributed by atoms with Crippen molar-refractivity contribution in [2.45, 2.75) is 0 Å². The summed E-state index contributed by atoms with van der Waals surface area (Å²) in [6, 6.07) is 7.32. The molecule has 1 heterocycles. The molecule has 1 aromatic carbocycles. The third-order valence-electron chi connectivity index (χ3n) is 2.71. The molecule has 0 spiro atoms. The van der Waals surface area contributed by atoms with Gasteiger partial charge in [0.05, 0.1) is 18.7 Å². The molecule has 0 aromatic heterocycles. The average Bonchev–Trinajstić information content (AvgIpc) is 2.67. The van der Waals surface area contributed by atoms with Crippen LogP contribution >= 0.6 is 11.8 Å².